The van der Waals surface area contributed by atoms with Gasteiger partial charge in [0.15, 0.2) is 0 Å². The Morgan fingerprint density at radius 2 is 1.76 bits per heavy atom. The van der Waals surface area contributed by atoms with Crippen molar-refractivity contribution < 1.29 is 4.74 Å². The Balaban J connectivity index is 1.74. The van der Waals surface area contributed by atoms with Crippen LogP contribution < -0.4 is 10.1 Å². The lowest BCUT2D eigenvalue weighted by molar-refractivity contribution is 0.254. The highest BCUT2D eigenvalue weighted by molar-refractivity contribution is 6.39. The fourth-order valence-electron chi connectivity index (χ4n) is 2.92. The molecule has 0 amide bonds. The van der Waals surface area contributed by atoms with Crippen LogP contribution in [-0.4, -0.2) is 19.7 Å². The summed E-state index contributed by atoms with van der Waals surface area (Å²) in [6.45, 7) is 2.95. The Kier molecular flexibility index (Phi) is 4.89. The predicted octanol–water partition coefficient (Wildman–Crippen LogP) is 4.92. The number of ether oxygens (including phenoxy) is 1. The van der Waals surface area contributed by atoms with Crippen LogP contribution >= 0.6 is 23.2 Å². The van der Waals surface area contributed by atoms with E-state index in [1.807, 2.05) is 24.3 Å². The van der Waals surface area contributed by atoms with E-state index in [1.165, 1.54) is 12.8 Å². The van der Waals surface area contributed by atoms with E-state index < -0.39 is 0 Å². The van der Waals surface area contributed by atoms with Gasteiger partial charge >= 0.3 is 0 Å². The van der Waals surface area contributed by atoms with Crippen molar-refractivity contribution in [3.8, 4) is 5.75 Å². The van der Waals surface area contributed by atoms with Gasteiger partial charge in [0.2, 0.25) is 0 Å². The van der Waals surface area contributed by atoms with E-state index in [1.54, 1.807) is 6.07 Å². The van der Waals surface area contributed by atoms with E-state index in [0.717, 1.165) is 42.0 Å². The third-order valence-electron chi connectivity index (χ3n) is 4.13. The van der Waals surface area contributed by atoms with E-state index in [0.29, 0.717) is 16.7 Å². The molecule has 0 atom stereocenters. The van der Waals surface area contributed by atoms with Crippen LogP contribution in [0.1, 0.15) is 19.3 Å². The zero-order valence-electron chi connectivity index (χ0n) is 11.9. The summed E-state index contributed by atoms with van der Waals surface area (Å²) >= 11 is 12.6. The summed E-state index contributed by atoms with van der Waals surface area (Å²) in [5.41, 5.74) is 0. The number of hydrogen-bond acceptors (Lipinski definition) is 2. The third-order valence-corrected chi connectivity index (χ3v) is 4.72. The quantitative estimate of drug-likeness (QED) is 0.862. The molecule has 112 valence electrons. The molecule has 21 heavy (non-hydrogen) atoms. The molecule has 0 unspecified atom stereocenters. The van der Waals surface area contributed by atoms with Gasteiger partial charge in [-0.1, -0.05) is 47.5 Å². The van der Waals surface area contributed by atoms with Crippen LogP contribution in [0.4, 0.5) is 0 Å². The van der Waals surface area contributed by atoms with Gasteiger partial charge in [-0.3, -0.25) is 0 Å². The lowest BCUT2D eigenvalue weighted by atomic mass is 9.95. The smallest absolute Gasteiger partial charge is 0.145 e. The molecule has 4 heteroatoms. The molecule has 2 nitrogen and oxygen atoms in total. The molecule has 1 saturated heterocycles. The number of rotatable bonds is 4. The van der Waals surface area contributed by atoms with Crippen LogP contribution in [0.15, 0.2) is 30.3 Å². The van der Waals surface area contributed by atoms with Crippen molar-refractivity contribution in [2.45, 2.75) is 19.3 Å². The highest BCUT2D eigenvalue weighted by atomic mass is 35.5. The molecule has 1 heterocycles. The molecular weight excluding hydrogens is 305 g/mol. The molecule has 1 aliphatic rings. The topological polar surface area (TPSA) is 21.3 Å². The molecule has 1 fully saturated rings. The molecule has 0 spiro atoms. The number of hydrogen-bond donors (Lipinski definition) is 1. The Hall–Kier alpha value is -0.960. The van der Waals surface area contributed by atoms with Crippen molar-refractivity contribution in [3.05, 3.63) is 40.4 Å². The number of fused-ring (bicyclic) bond motifs is 1. The Morgan fingerprint density at radius 3 is 2.52 bits per heavy atom. The molecular formula is C17H19Cl2NO. The van der Waals surface area contributed by atoms with Gasteiger partial charge in [-0.2, -0.15) is 0 Å². The van der Waals surface area contributed by atoms with Crippen LogP contribution in [0.2, 0.25) is 10.0 Å². The second kappa shape index (κ2) is 6.87. The minimum Gasteiger partial charge on any atom is -0.491 e. The van der Waals surface area contributed by atoms with E-state index >= 15 is 0 Å². The summed E-state index contributed by atoms with van der Waals surface area (Å²) in [6, 6.07) is 9.72. The van der Waals surface area contributed by atoms with Crippen molar-refractivity contribution in [2.24, 2.45) is 5.92 Å². The molecule has 0 aromatic heterocycles. The zero-order valence-corrected chi connectivity index (χ0v) is 13.4. The van der Waals surface area contributed by atoms with Gasteiger partial charge in [0.1, 0.15) is 5.75 Å². The summed E-state index contributed by atoms with van der Waals surface area (Å²) < 4.78 is 6.00. The SMILES string of the molecule is Clc1cc(Cl)c2ccccc2c1OCCC1CCNCC1. The van der Waals surface area contributed by atoms with Crippen molar-refractivity contribution in [2.75, 3.05) is 19.7 Å². The minimum absolute atomic E-state index is 0.587. The van der Waals surface area contributed by atoms with Crippen LogP contribution in [0.25, 0.3) is 10.8 Å². The van der Waals surface area contributed by atoms with Gasteiger partial charge in [-0.15, -0.1) is 0 Å². The highest BCUT2D eigenvalue weighted by Gasteiger charge is 2.15. The van der Waals surface area contributed by atoms with Gasteiger partial charge < -0.3 is 10.1 Å². The standard InChI is InChI=1S/C17H19Cl2NO/c18-15-11-16(19)17(14-4-2-1-3-13(14)15)21-10-7-12-5-8-20-9-6-12/h1-4,11-12,20H,5-10H2. The second-order valence-corrected chi connectivity index (χ2v) is 6.36. The Morgan fingerprint density at radius 1 is 1.05 bits per heavy atom. The van der Waals surface area contributed by atoms with Crippen LogP contribution in [0, 0.1) is 5.92 Å². The fourth-order valence-corrected chi connectivity index (χ4v) is 3.51. The molecule has 2 aromatic rings. The summed E-state index contributed by atoms with van der Waals surface area (Å²) in [5.74, 6) is 1.51. The molecule has 0 bridgehead atoms. The number of piperidine rings is 1. The molecule has 0 radical (unpaired) electrons. The average Bonchev–Trinajstić information content (AvgIpc) is 2.51. The zero-order chi connectivity index (χ0) is 14.7. The maximum Gasteiger partial charge on any atom is 0.145 e. The van der Waals surface area contributed by atoms with Crippen molar-refractivity contribution in [1.29, 1.82) is 0 Å². The van der Waals surface area contributed by atoms with Gasteiger partial charge in [-0.05, 0) is 44.3 Å². The Labute approximate surface area is 135 Å². The summed E-state index contributed by atoms with van der Waals surface area (Å²) in [7, 11) is 0. The molecule has 0 aliphatic carbocycles. The van der Waals surface area contributed by atoms with Crippen LogP contribution in [-0.2, 0) is 0 Å². The van der Waals surface area contributed by atoms with Crippen molar-refractivity contribution in [3.63, 3.8) is 0 Å². The minimum atomic E-state index is 0.587. The first-order valence-electron chi connectivity index (χ1n) is 7.46. The normalized spacial score (nSPS) is 16.3. The third kappa shape index (κ3) is 3.45. The summed E-state index contributed by atoms with van der Waals surface area (Å²) in [6.07, 6.45) is 3.55. The molecule has 1 N–H and O–H groups in total. The lowest BCUT2D eigenvalue weighted by Crippen LogP contribution is -2.28. The lowest BCUT2D eigenvalue weighted by Gasteiger charge is -2.22. The number of nitrogens with one attached hydrogen (secondary N) is 1. The van der Waals surface area contributed by atoms with Gasteiger partial charge in [0.25, 0.3) is 0 Å². The van der Waals surface area contributed by atoms with E-state index in [2.05, 4.69) is 5.32 Å². The van der Waals surface area contributed by atoms with Crippen LogP contribution in [0.5, 0.6) is 5.75 Å². The molecule has 0 saturated carbocycles. The molecule has 1 aliphatic heterocycles. The van der Waals surface area contributed by atoms with E-state index in [-0.39, 0.29) is 0 Å². The monoisotopic (exact) mass is 323 g/mol. The number of halogens is 2. The maximum absolute atomic E-state index is 6.31. The van der Waals surface area contributed by atoms with Crippen molar-refractivity contribution >= 4 is 34.0 Å². The van der Waals surface area contributed by atoms with Gasteiger partial charge in [0.05, 0.1) is 16.7 Å². The number of benzene rings is 2. The first-order valence-corrected chi connectivity index (χ1v) is 8.21. The van der Waals surface area contributed by atoms with Crippen LogP contribution in [0.3, 0.4) is 0 Å². The van der Waals surface area contributed by atoms with E-state index in [4.69, 9.17) is 27.9 Å². The van der Waals surface area contributed by atoms with Crippen molar-refractivity contribution in [1.82, 2.24) is 5.32 Å². The predicted molar refractivity (Wildman–Crippen MR) is 89.7 cm³/mol. The maximum atomic E-state index is 6.31. The highest BCUT2D eigenvalue weighted by Crippen LogP contribution is 2.38. The average molecular weight is 324 g/mol. The fraction of sp³-hybridized carbons (Fsp3) is 0.412. The largest absolute Gasteiger partial charge is 0.491 e. The Bertz CT molecular complexity index is 623. The summed E-state index contributed by atoms with van der Waals surface area (Å²) in [5, 5.41) is 6.61. The second-order valence-electron chi connectivity index (χ2n) is 5.55. The van der Waals surface area contributed by atoms with Gasteiger partial charge in [-0.25, -0.2) is 0 Å². The van der Waals surface area contributed by atoms with Gasteiger partial charge in [0, 0.05) is 10.8 Å². The first kappa shape index (κ1) is 15.0. The first-order chi connectivity index (χ1) is 10.3. The molecule has 3 rings (SSSR count). The van der Waals surface area contributed by atoms with E-state index in [9.17, 15) is 0 Å². The summed E-state index contributed by atoms with van der Waals surface area (Å²) in [4.78, 5) is 0. The molecule has 2 aromatic carbocycles.